The highest BCUT2D eigenvalue weighted by molar-refractivity contribution is 5.68. The van der Waals surface area contributed by atoms with Gasteiger partial charge >= 0.3 is 12.2 Å². The van der Waals surface area contributed by atoms with Crippen LogP contribution in [0, 0.1) is 0 Å². The minimum Gasteiger partial charge on any atom is -0.501 e. The lowest BCUT2D eigenvalue weighted by Gasteiger charge is -2.18. The fourth-order valence-electron chi connectivity index (χ4n) is 2.95. The Morgan fingerprint density at radius 3 is 1.53 bits per heavy atom. The Hall–Kier alpha value is -3.16. The summed E-state index contributed by atoms with van der Waals surface area (Å²) in [7, 11) is 0. The molecule has 0 fully saturated rings. The zero-order valence-electron chi connectivity index (χ0n) is 19.6. The van der Waals surface area contributed by atoms with Crippen molar-refractivity contribution in [2.45, 2.75) is 53.6 Å². The Morgan fingerprint density at radius 2 is 1.16 bits per heavy atom. The third-order valence-electron chi connectivity index (χ3n) is 4.36. The third kappa shape index (κ3) is 10.7. The first-order chi connectivity index (χ1) is 15.5. The van der Waals surface area contributed by atoms with E-state index in [4.69, 9.17) is 18.9 Å². The van der Waals surface area contributed by atoms with Crippen LogP contribution in [0.2, 0.25) is 0 Å². The maximum absolute atomic E-state index is 11.8. The molecule has 0 spiro atoms. The van der Waals surface area contributed by atoms with Crippen LogP contribution in [0.5, 0.6) is 0 Å². The van der Waals surface area contributed by atoms with Gasteiger partial charge in [-0.1, -0.05) is 24.3 Å². The van der Waals surface area contributed by atoms with E-state index in [2.05, 4.69) is 16.7 Å². The number of carbonyl (C=O) groups excluding carboxylic acids is 2. The first-order valence-electron chi connectivity index (χ1n) is 11.0. The lowest BCUT2D eigenvalue weighted by Crippen LogP contribution is -2.26. The van der Waals surface area contributed by atoms with Crippen molar-refractivity contribution in [2.24, 2.45) is 0 Å². The van der Waals surface area contributed by atoms with E-state index in [1.54, 1.807) is 26.4 Å². The number of carbonyl (C=O) groups is 2. The Morgan fingerprint density at radius 1 is 0.750 bits per heavy atom. The lowest BCUT2D eigenvalue weighted by atomic mass is 9.94. The number of alkyl carbamates (subject to hydrolysis) is 2. The molecule has 178 valence electrons. The van der Waals surface area contributed by atoms with Gasteiger partial charge in [-0.3, -0.25) is 0 Å². The Balaban J connectivity index is 3.13. The highest BCUT2D eigenvalue weighted by atomic mass is 16.6. The van der Waals surface area contributed by atoms with Gasteiger partial charge < -0.3 is 29.6 Å². The number of ether oxygens (including phenoxy) is 4. The Bertz CT molecular complexity index is 702. The monoisotopic (exact) mass is 448 g/mol. The number of benzene rings is 1. The molecule has 0 saturated heterocycles. The van der Waals surface area contributed by atoms with Crippen molar-refractivity contribution in [3.05, 3.63) is 59.1 Å². The molecule has 1 aromatic rings. The zero-order valence-corrected chi connectivity index (χ0v) is 19.6. The maximum Gasteiger partial charge on any atom is 0.407 e. The molecule has 0 aromatic heterocycles. The molecule has 0 aliphatic rings. The number of nitrogens with one attached hydrogen (secondary N) is 2. The summed E-state index contributed by atoms with van der Waals surface area (Å²) in [5.74, 6) is 0. The topological polar surface area (TPSA) is 95.1 Å². The van der Waals surface area contributed by atoms with E-state index in [1.807, 2.05) is 32.1 Å². The van der Waals surface area contributed by atoms with Gasteiger partial charge in [0, 0.05) is 25.9 Å². The van der Waals surface area contributed by atoms with E-state index < -0.39 is 12.2 Å². The molecule has 2 N–H and O–H groups in total. The van der Waals surface area contributed by atoms with Gasteiger partial charge in [0.25, 0.3) is 0 Å². The van der Waals surface area contributed by atoms with Crippen LogP contribution in [0.1, 0.15) is 49.9 Å². The average Bonchev–Trinajstić information content (AvgIpc) is 2.78. The molecule has 0 radical (unpaired) electrons. The normalized spacial score (nSPS) is 10.9. The van der Waals surface area contributed by atoms with Crippen molar-refractivity contribution in [3.63, 3.8) is 0 Å². The standard InChI is InChI=1S/C24H36N2O6/c1-5-11-29-13-9-19-15-20(10-14-30-12-6-2)22(18-26-24(28)32-8-4)16-21(19)17-25-23(27)31-7-3/h5-6,11-12,15-16H,7-10,13-14,17-18H2,1-4H3,(H,25,27)(H,26,28)/b11-5+,12-6+. The van der Waals surface area contributed by atoms with Gasteiger partial charge in [-0.2, -0.15) is 0 Å². The molecule has 8 heteroatoms. The van der Waals surface area contributed by atoms with E-state index in [9.17, 15) is 9.59 Å². The zero-order chi connectivity index (χ0) is 23.6. The molecule has 0 saturated carbocycles. The number of amides is 2. The molecule has 0 heterocycles. The number of hydrogen-bond donors (Lipinski definition) is 2. The highest BCUT2D eigenvalue weighted by Crippen LogP contribution is 2.20. The summed E-state index contributed by atoms with van der Waals surface area (Å²) in [5.41, 5.74) is 3.96. The van der Waals surface area contributed by atoms with Crippen LogP contribution < -0.4 is 10.6 Å². The summed E-state index contributed by atoms with van der Waals surface area (Å²) in [6.45, 7) is 9.52. The van der Waals surface area contributed by atoms with Crippen LogP contribution in [-0.4, -0.2) is 38.6 Å². The van der Waals surface area contributed by atoms with Crippen molar-refractivity contribution in [1.29, 1.82) is 0 Å². The summed E-state index contributed by atoms with van der Waals surface area (Å²) >= 11 is 0. The maximum atomic E-state index is 11.8. The van der Waals surface area contributed by atoms with Gasteiger partial charge in [-0.05, 0) is 49.9 Å². The molecule has 0 atom stereocenters. The summed E-state index contributed by atoms with van der Waals surface area (Å²) in [4.78, 5) is 23.6. The van der Waals surface area contributed by atoms with Gasteiger partial charge in [0.1, 0.15) is 0 Å². The van der Waals surface area contributed by atoms with Crippen molar-refractivity contribution in [2.75, 3.05) is 26.4 Å². The fraction of sp³-hybridized carbons (Fsp3) is 0.500. The number of rotatable bonds is 14. The van der Waals surface area contributed by atoms with E-state index in [1.165, 1.54) is 0 Å². The highest BCUT2D eigenvalue weighted by Gasteiger charge is 2.13. The smallest absolute Gasteiger partial charge is 0.407 e. The minimum atomic E-state index is -0.473. The predicted octanol–water partition coefficient (Wildman–Crippen LogP) is 4.36. The van der Waals surface area contributed by atoms with Crippen molar-refractivity contribution < 1.29 is 28.5 Å². The Labute approximate surface area is 190 Å². The fourth-order valence-corrected chi connectivity index (χ4v) is 2.95. The summed E-state index contributed by atoms with van der Waals surface area (Å²) in [6, 6.07) is 4.08. The number of hydrogen-bond acceptors (Lipinski definition) is 6. The van der Waals surface area contributed by atoms with Crippen LogP contribution in [0.3, 0.4) is 0 Å². The van der Waals surface area contributed by atoms with Crippen LogP contribution in [0.25, 0.3) is 0 Å². The SMILES string of the molecule is C/C=C/OCCc1cc(CCO/C=C/C)c(CNC(=O)OCC)cc1CNC(=O)OCC. The largest absolute Gasteiger partial charge is 0.501 e. The van der Waals surface area contributed by atoms with Crippen LogP contribution in [0.4, 0.5) is 9.59 Å². The molecule has 1 rings (SSSR count). The van der Waals surface area contributed by atoms with Crippen molar-refractivity contribution >= 4 is 12.2 Å². The Kier molecular flexibility index (Phi) is 13.9. The predicted molar refractivity (Wildman–Crippen MR) is 123 cm³/mol. The summed E-state index contributed by atoms with van der Waals surface area (Å²) < 4.78 is 20.9. The molecule has 1 aromatic carbocycles. The molecule has 0 aliphatic carbocycles. The molecular formula is C24H36N2O6. The quantitative estimate of drug-likeness (QED) is 0.324. The molecule has 32 heavy (non-hydrogen) atoms. The summed E-state index contributed by atoms with van der Waals surface area (Å²) in [6.07, 6.45) is 7.35. The van der Waals surface area contributed by atoms with E-state index in [0.717, 1.165) is 22.3 Å². The molecule has 0 bridgehead atoms. The third-order valence-corrected chi connectivity index (χ3v) is 4.36. The van der Waals surface area contributed by atoms with Gasteiger partial charge in [0.2, 0.25) is 0 Å². The van der Waals surface area contributed by atoms with Gasteiger partial charge in [-0.25, -0.2) is 9.59 Å². The molecular weight excluding hydrogens is 412 g/mol. The average molecular weight is 449 g/mol. The molecule has 0 aliphatic heterocycles. The lowest BCUT2D eigenvalue weighted by molar-refractivity contribution is 0.151. The van der Waals surface area contributed by atoms with Gasteiger partial charge in [0.15, 0.2) is 0 Å². The van der Waals surface area contributed by atoms with Crippen molar-refractivity contribution in [1.82, 2.24) is 10.6 Å². The summed E-state index contributed by atoms with van der Waals surface area (Å²) in [5, 5.41) is 5.54. The van der Waals surface area contributed by atoms with Crippen LogP contribution in [0.15, 0.2) is 36.8 Å². The molecule has 0 unspecified atom stereocenters. The molecule has 2 amide bonds. The minimum absolute atomic E-state index is 0.301. The first kappa shape index (κ1) is 26.9. The second kappa shape index (κ2) is 16.5. The van der Waals surface area contributed by atoms with Crippen LogP contribution in [-0.2, 0) is 44.9 Å². The van der Waals surface area contributed by atoms with E-state index in [0.29, 0.717) is 52.4 Å². The molecule has 8 nitrogen and oxygen atoms in total. The van der Waals surface area contributed by atoms with Gasteiger partial charge in [-0.15, -0.1) is 0 Å². The van der Waals surface area contributed by atoms with E-state index >= 15 is 0 Å². The second-order valence-electron chi connectivity index (χ2n) is 6.72. The van der Waals surface area contributed by atoms with Gasteiger partial charge in [0.05, 0.1) is 39.0 Å². The van der Waals surface area contributed by atoms with E-state index in [-0.39, 0.29) is 0 Å². The second-order valence-corrected chi connectivity index (χ2v) is 6.72. The van der Waals surface area contributed by atoms with Crippen LogP contribution >= 0.6 is 0 Å². The first-order valence-corrected chi connectivity index (χ1v) is 11.0. The number of allylic oxidation sites excluding steroid dienone is 2. The van der Waals surface area contributed by atoms with Crippen molar-refractivity contribution in [3.8, 4) is 0 Å².